The second-order valence-corrected chi connectivity index (χ2v) is 6.35. The van der Waals surface area contributed by atoms with Crippen molar-refractivity contribution in [2.75, 3.05) is 20.8 Å². The van der Waals surface area contributed by atoms with E-state index in [0.717, 1.165) is 12.7 Å². The molecule has 5 nitrogen and oxygen atoms in total. The van der Waals surface area contributed by atoms with Gasteiger partial charge in [-0.25, -0.2) is 0 Å². The van der Waals surface area contributed by atoms with Crippen LogP contribution in [0, 0.1) is 0 Å². The van der Waals surface area contributed by atoms with E-state index in [2.05, 4.69) is 0 Å². The average Bonchev–Trinajstić information content (AvgIpc) is 2.31. The smallest absolute Gasteiger partial charge is 0.377 e. The number of hydrogen-bond acceptors (Lipinski definition) is 5. The molecule has 6 heteroatoms. The highest BCUT2D eigenvalue weighted by Crippen LogP contribution is 2.15. The molecule has 0 aliphatic rings. The minimum absolute atomic E-state index is 0.000595. The van der Waals surface area contributed by atoms with Crippen molar-refractivity contribution in [1.29, 1.82) is 0 Å². The number of Topliss-reactive ketones (excluding diaryl/α,β-unsaturated/α-hetero) is 1. The second kappa shape index (κ2) is 8.57. The summed E-state index contributed by atoms with van der Waals surface area (Å²) in [4.78, 5) is 21.6. The summed E-state index contributed by atoms with van der Waals surface area (Å²) in [6, 6.07) is 0.406. The molecule has 0 aliphatic carbocycles. The van der Waals surface area contributed by atoms with E-state index < -0.39 is 8.80 Å². The van der Waals surface area contributed by atoms with Gasteiger partial charge < -0.3 is 18.1 Å². The molecule has 0 saturated carbocycles. The van der Waals surface area contributed by atoms with Crippen LogP contribution in [-0.4, -0.2) is 41.7 Å². The molecule has 0 bridgehead atoms. The fourth-order valence-electron chi connectivity index (χ4n) is 1.25. The molecular weight excluding hydrogens is 228 g/mol. The van der Waals surface area contributed by atoms with Gasteiger partial charge in [0.1, 0.15) is 6.29 Å². The molecular formula is C10H20O5Si. The molecule has 0 spiro atoms. The summed E-state index contributed by atoms with van der Waals surface area (Å²) in [5.74, 6) is 0.0274. The SMILES string of the molecule is CCCC(=O)CO[Si](CCC=O)(OC)OC. The van der Waals surface area contributed by atoms with Crippen molar-refractivity contribution < 1.29 is 22.9 Å². The summed E-state index contributed by atoms with van der Waals surface area (Å²) < 4.78 is 15.8. The van der Waals surface area contributed by atoms with E-state index >= 15 is 0 Å². The van der Waals surface area contributed by atoms with Crippen LogP contribution in [0.1, 0.15) is 26.2 Å². The lowest BCUT2D eigenvalue weighted by atomic mass is 10.2. The van der Waals surface area contributed by atoms with Gasteiger partial charge in [0.05, 0.1) is 6.61 Å². The molecule has 16 heavy (non-hydrogen) atoms. The number of rotatable bonds is 10. The van der Waals surface area contributed by atoms with Crippen LogP contribution in [0.5, 0.6) is 0 Å². The standard InChI is InChI=1S/C10H20O5Si/c1-4-6-10(12)9-15-16(13-2,14-3)8-5-7-11/h7H,4-6,8-9H2,1-3H3. The molecule has 0 radical (unpaired) electrons. The Hall–Kier alpha value is -0.563. The zero-order valence-corrected chi connectivity index (χ0v) is 11.2. The maximum atomic E-state index is 11.3. The van der Waals surface area contributed by atoms with Crippen LogP contribution in [0.3, 0.4) is 0 Å². The molecule has 0 aromatic heterocycles. The third-order valence-electron chi connectivity index (χ3n) is 2.17. The lowest BCUT2D eigenvalue weighted by Crippen LogP contribution is -2.45. The van der Waals surface area contributed by atoms with E-state index in [4.69, 9.17) is 13.3 Å². The molecule has 0 fully saturated rings. The highest BCUT2D eigenvalue weighted by Gasteiger charge is 2.38. The van der Waals surface area contributed by atoms with Gasteiger partial charge in [-0.2, -0.15) is 0 Å². The van der Waals surface area contributed by atoms with Crippen LogP contribution in [0.15, 0.2) is 0 Å². The summed E-state index contributed by atoms with van der Waals surface area (Å²) in [5, 5.41) is 0. The predicted octanol–water partition coefficient (Wildman–Crippen LogP) is 1.19. The first-order valence-electron chi connectivity index (χ1n) is 5.33. The first kappa shape index (κ1) is 15.4. The van der Waals surface area contributed by atoms with Crippen molar-refractivity contribution in [3.8, 4) is 0 Å². The van der Waals surface area contributed by atoms with Gasteiger partial charge in [-0.3, -0.25) is 4.79 Å². The van der Waals surface area contributed by atoms with Crippen LogP contribution in [0.25, 0.3) is 0 Å². The molecule has 0 rings (SSSR count). The lowest BCUT2D eigenvalue weighted by Gasteiger charge is -2.25. The van der Waals surface area contributed by atoms with Gasteiger partial charge in [0.15, 0.2) is 5.78 Å². The quantitative estimate of drug-likeness (QED) is 0.429. The Morgan fingerprint density at radius 1 is 1.31 bits per heavy atom. The number of hydrogen-bond donors (Lipinski definition) is 0. The minimum Gasteiger partial charge on any atom is -0.377 e. The fraction of sp³-hybridized carbons (Fsp3) is 0.800. The Balaban J connectivity index is 4.19. The Morgan fingerprint density at radius 3 is 2.38 bits per heavy atom. The molecule has 0 heterocycles. The van der Waals surface area contributed by atoms with E-state index in [0.29, 0.717) is 18.9 Å². The zero-order chi connectivity index (χ0) is 12.4. The van der Waals surface area contributed by atoms with Crippen LogP contribution in [0.2, 0.25) is 6.04 Å². The summed E-state index contributed by atoms with van der Waals surface area (Å²) in [7, 11) is 0.146. The first-order valence-corrected chi connectivity index (χ1v) is 7.27. The van der Waals surface area contributed by atoms with Crippen molar-refractivity contribution in [2.45, 2.75) is 32.2 Å². The zero-order valence-electron chi connectivity index (χ0n) is 10.2. The Bertz CT molecular complexity index is 215. The second-order valence-electron chi connectivity index (χ2n) is 3.37. The lowest BCUT2D eigenvalue weighted by molar-refractivity contribution is -0.122. The van der Waals surface area contributed by atoms with Crippen LogP contribution >= 0.6 is 0 Å². The van der Waals surface area contributed by atoms with E-state index in [1.165, 1.54) is 14.2 Å². The Labute approximate surface area is 97.4 Å². The highest BCUT2D eigenvalue weighted by atomic mass is 28.4. The van der Waals surface area contributed by atoms with E-state index in [9.17, 15) is 9.59 Å². The maximum absolute atomic E-state index is 11.3. The van der Waals surface area contributed by atoms with Crippen molar-refractivity contribution in [3.63, 3.8) is 0 Å². The molecule has 0 amide bonds. The highest BCUT2D eigenvalue weighted by molar-refractivity contribution is 6.60. The molecule has 0 aromatic carbocycles. The van der Waals surface area contributed by atoms with E-state index in [1.807, 2.05) is 6.92 Å². The summed E-state index contributed by atoms with van der Waals surface area (Å²) in [6.07, 6.45) is 2.39. The van der Waals surface area contributed by atoms with Crippen molar-refractivity contribution in [1.82, 2.24) is 0 Å². The van der Waals surface area contributed by atoms with Gasteiger partial charge >= 0.3 is 8.80 Å². The number of carbonyl (C=O) groups is 2. The largest absolute Gasteiger partial charge is 0.501 e. The van der Waals surface area contributed by atoms with Crippen molar-refractivity contribution >= 4 is 20.9 Å². The Kier molecular flexibility index (Phi) is 8.27. The third-order valence-corrected chi connectivity index (χ3v) is 4.90. The molecule has 94 valence electrons. The van der Waals surface area contributed by atoms with Gasteiger partial charge in [-0.05, 0) is 6.42 Å². The fourth-order valence-corrected chi connectivity index (χ4v) is 3.06. The minimum atomic E-state index is -2.81. The average molecular weight is 248 g/mol. The van der Waals surface area contributed by atoms with Crippen LogP contribution in [0.4, 0.5) is 0 Å². The van der Waals surface area contributed by atoms with Gasteiger partial charge in [0.25, 0.3) is 0 Å². The number of aldehydes is 1. The van der Waals surface area contributed by atoms with Crippen LogP contribution in [-0.2, 0) is 22.9 Å². The van der Waals surface area contributed by atoms with Crippen molar-refractivity contribution in [3.05, 3.63) is 0 Å². The molecule has 0 aromatic rings. The summed E-state index contributed by atoms with van der Waals surface area (Å²) >= 11 is 0. The monoisotopic (exact) mass is 248 g/mol. The van der Waals surface area contributed by atoms with Gasteiger partial charge in [-0.15, -0.1) is 0 Å². The van der Waals surface area contributed by atoms with Gasteiger partial charge in [0, 0.05) is 33.1 Å². The molecule has 0 atom stereocenters. The first-order chi connectivity index (χ1) is 7.64. The van der Waals surface area contributed by atoms with Gasteiger partial charge in [0.2, 0.25) is 0 Å². The van der Waals surface area contributed by atoms with Gasteiger partial charge in [-0.1, -0.05) is 6.92 Å². The van der Waals surface area contributed by atoms with E-state index in [-0.39, 0.29) is 12.4 Å². The Morgan fingerprint density at radius 2 is 1.94 bits per heavy atom. The molecule has 0 saturated heterocycles. The number of carbonyl (C=O) groups excluding carboxylic acids is 2. The molecule has 0 aliphatic heterocycles. The normalized spacial score (nSPS) is 11.4. The maximum Gasteiger partial charge on any atom is 0.501 e. The molecule has 0 unspecified atom stereocenters. The summed E-state index contributed by atoms with van der Waals surface area (Å²) in [5.41, 5.74) is 0. The van der Waals surface area contributed by atoms with Crippen LogP contribution < -0.4 is 0 Å². The number of ketones is 1. The topological polar surface area (TPSA) is 61.8 Å². The third kappa shape index (κ3) is 5.50. The summed E-state index contributed by atoms with van der Waals surface area (Å²) in [6.45, 7) is 1.93. The van der Waals surface area contributed by atoms with E-state index in [1.54, 1.807) is 0 Å². The molecule has 0 N–H and O–H groups in total. The van der Waals surface area contributed by atoms with Crippen molar-refractivity contribution in [2.24, 2.45) is 0 Å². The predicted molar refractivity (Wildman–Crippen MR) is 61.1 cm³/mol.